The SMILES string of the molecule is CCCn1nc(C(=O)Oc2ccc(C#N)cc2)ccc1=O. The molecule has 0 fully saturated rings. The molecule has 0 saturated carbocycles. The third-order valence-corrected chi connectivity index (χ3v) is 2.71. The van der Waals surface area contributed by atoms with Gasteiger partial charge in [0.1, 0.15) is 5.75 Å². The molecule has 0 aliphatic heterocycles. The third kappa shape index (κ3) is 3.54. The normalized spacial score (nSPS) is 9.90. The van der Waals surface area contributed by atoms with Gasteiger partial charge < -0.3 is 4.74 Å². The monoisotopic (exact) mass is 283 g/mol. The van der Waals surface area contributed by atoms with Gasteiger partial charge in [0.25, 0.3) is 5.56 Å². The summed E-state index contributed by atoms with van der Waals surface area (Å²) >= 11 is 0. The number of carbonyl (C=O) groups excluding carboxylic acids is 1. The summed E-state index contributed by atoms with van der Waals surface area (Å²) in [5.41, 5.74) is 0.281. The van der Waals surface area contributed by atoms with Crippen molar-refractivity contribution in [1.29, 1.82) is 5.26 Å². The summed E-state index contributed by atoms with van der Waals surface area (Å²) in [6.45, 7) is 2.35. The Hall–Kier alpha value is -2.94. The van der Waals surface area contributed by atoms with Gasteiger partial charge in [-0.15, -0.1) is 0 Å². The predicted octanol–water partition coefficient (Wildman–Crippen LogP) is 1.74. The highest BCUT2D eigenvalue weighted by atomic mass is 16.5. The standard InChI is InChI=1S/C15H13N3O3/c1-2-9-18-14(19)8-7-13(17-18)15(20)21-12-5-3-11(10-16)4-6-12/h3-8H,2,9H2,1H3. The van der Waals surface area contributed by atoms with Gasteiger partial charge >= 0.3 is 5.97 Å². The first-order valence-electron chi connectivity index (χ1n) is 6.44. The van der Waals surface area contributed by atoms with E-state index in [2.05, 4.69) is 5.10 Å². The topological polar surface area (TPSA) is 85.0 Å². The molecular formula is C15H13N3O3. The van der Waals surface area contributed by atoms with Crippen molar-refractivity contribution in [3.05, 3.63) is 58.0 Å². The molecule has 2 rings (SSSR count). The first kappa shape index (κ1) is 14.5. The molecule has 1 aromatic carbocycles. The maximum atomic E-state index is 12.0. The van der Waals surface area contributed by atoms with E-state index in [0.717, 1.165) is 6.42 Å². The minimum absolute atomic E-state index is 0.0624. The van der Waals surface area contributed by atoms with Gasteiger partial charge in [-0.3, -0.25) is 4.79 Å². The molecule has 0 aliphatic carbocycles. The Morgan fingerprint density at radius 2 is 2.00 bits per heavy atom. The van der Waals surface area contributed by atoms with Crippen LogP contribution >= 0.6 is 0 Å². The lowest BCUT2D eigenvalue weighted by Crippen LogP contribution is -2.25. The second kappa shape index (κ2) is 6.48. The average molecular weight is 283 g/mol. The van der Waals surface area contributed by atoms with Crippen LogP contribution in [0, 0.1) is 11.3 Å². The number of aromatic nitrogens is 2. The maximum Gasteiger partial charge on any atom is 0.364 e. The smallest absolute Gasteiger partial charge is 0.364 e. The fraction of sp³-hybridized carbons (Fsp3) is 0.200. The van der Waals surface area contributed by atoms with Gasteiger partial charge in [0.2, 0.25) is 0 Å². The zero-order chi connectivity index (χ0) is 15.2. The molecule has 1 heterocycles. The van der Waals surface area contributed by atoms with Crippen LogP contribution in [0.25, 0.3) is 0 Å². The molecule has 6 heteroatoms. The molecule has 0 radical (unpaired) electrons. The van der Waals surface area contributed by atoms with Crippen molar-refractivity contribution in [2.45, 2.75) is 19.9 Å². The van der Waals surface area contributed by atoms with Crippen LogP contribution in [0.1, 0.15) is 29.4 Å². The summed E-state index contributed by atoms with van der Waals surface area (Å²) in [7, 11) is 0. The lowest BCUT2D eigenvalue weighted by atomic mass is 10.2. The fourth-order valence-electron chi connectivity index (χ4n) is 1.69. The quantitative estimate of drug-likeness (QED) is 0.630. The van der Waals surface area contributed by atoms with E-state index in [-0.39, 0.29) is 11.3 Å². The fourth-order valence-corrected chi connectivity index (χ4v) is 1.69. The predicted molar refractivity (Wildman–Crippen MR) is 74.9 cm³/mol. The molecule has 0 unspecified atom stereocenters. The Labute approximate surface area is 121 Å². The Bertz CT molecular complexity index is 742. The molecule has 21 heavy (non-hydrogen) atoms. The van der Waals surface area contributed by atoms with Crippen LogP contribution in [0.3, 0.4) is 0 Å². The highest BCUT2D eigenvalue weighted by Crippen LogP contribution is 2.13. The molecule has 0 spiro atoms. The van der Waals surface area contributed by atoms with Crippen LogP contribution in [0.2, 0.25) is 0 Å². The van der Waals surface area contributed by atoms with Crippen molar-refractivity contribution in [2.24, 2.45) is 0 Å². The van der Waals surface area contributed by atoms with Crippen molar-refractivity contribution in [1.82, 2.24) is 9.78 Å². The Balaban J connectivity index is 2.18. The second-order valence-electron chi connectivity index (χ2n) is 4.31. The summed E-state index contributed by atoms with van der Waals surface area (Å²) in [5.74, 6) is -0.335. The van der Waals surface area contributed by atoms with Crippen molar-refractivity contribution in [3.63, 3.8) is 0 Å². The zero-order valence-corrected chi connectivity index (χ0v) is 11.4. The molecular weight excluding hydrogens is 270 g/mol. The number of nitriles is 1. The van der Waals surface area contributed by atoms with Crippen molar-refractivity contribution >= 4 is 5.97 Å². The van der Waals surface area contributed by atoms with Gasteiger partial charge in [-0.1, -0.05) is 6.92 Å². The Morgan fingerprint density at radius 3 is 2.62 bits per heavy atom. The highest BCUT2D eigenvalue weighted by molar-refractivity contribution is 5.88. The summed E-state index contributed by atoms with van der Waals surface area (Å²) in [6.07, 6.45) is 0.737. The van der Waals surface area contributed by atoms with E-state index in [0.29, 0.717) is 17.9 Å². The van der Waals surface area contributed by atoms with Crippen LogP contribution in [-0.4, -0.2) is 15.7 Å². The molecule has 0 saturated heterocycles. The van der Waals surface area contributed by atoms with E-state index in [9.17, 15) is 9.59 Å². The van der Waals surface area contributed by atoms with E-state index < -0.39 is 5.97 Å². The van der Waals surface area contributed by atoms with E-state index in [1.807, 2.05) is 13.0 Å². The van der Waals surface area contributed by atoms with Crippen molar-refractivity contribution in [3.8, 4) is 11.8 Å². The molecule has 1 aromatic heterocycles. The maximum absolute atomic E-state index is 12.0. The number of hydrogen-bond donors (Lipinski definition) is 0. The minimum atomic E-state index is -0.649. The van der Waals surface area contributed by atoms with Gasteiger partial charge in [0.05, 0.1) is 11.6 Å². The van der Waals surface area contributed by atoms with Crippen molar-refractivity contribution < 1.29 is 9.53 Å². The number of rotatable bonds is 4. The van der Waals surface area contributed by atoms with Gasteiger partial charge in [0, 0.05) is 12.6 Å². The molecule has 0 N–H and O–H groups in total. The van der Waals surface area contributed by atoms with E-state index in [4.69, 9.17) is 10.00 Å². The number of hydrogen-bond acceptors (Lipinski definition) is 5. The van der Waals surface area contributed by atoms with Crippen LogP contribution in [0.5, 0.6) is 5.75 Å². The van der Waals surface area contributed by atoms with E-state index in [1.165, 1.54) is 28.9 Å². The molecule has 106 valence electrons. The van der Waals surface area contributed by atoms with Gasteiger partial charge in [0.15, 0.2) is 5.69 Å². The van der Waals surface area contributed by atoms with Crippen molar-refractivity contribution in [2.75, 3.05) is 0 Å². The summed E-state index contributed by atoms with van der Waals surface area (Å²) in [5, 5.41) is 12.7. The van der Waals surface area contributed by atoms with Crippen LogP contribution < -0.4 is 10.3 Å². The summed E-state index contributed by atoms with van der Waals surface area (Å²) in [6, 6.07) is 10.8. The highest BCUT2D eigenvalue weighted by Gasteiger charge is 2.12. The first-order valence-corrected chi connectivity index (χ1v) is 6.44. The number of aryl methyl sites for hydroxylation is 1. The van der Waals surface area contributed by atoms with E-state index in [1.54, 1.807) is 12.1 Å². The zero-order valence-electron chi connectivity index (χ0n) is 11.4. The Kier molecular flexibility index (Phi) is 4.46. The number of esters is 1. The van der Waals surface area contributed by atoms with E-state index >= 15 is 0 Å². The lowest BCUT2D eigenvalue weighted by Gasteiger charge is -2.06. The molecule has 0 atom stereocenters. The molecule has 0 amide bonds. The summed E-state index contributed by atoms with van der Waals surface area (Å²) < 4.78 is 6.38. The van der Waals surface area contributed by atoms with Gasteiger partial charge in [-0.25, -0.2) is 9.48 Å². The Morgan fingerprint density at radius 1 is 1.29 bits per heavy atom. The molecule has 2 aromatic rings. The molecule has 0 bridgehead atoms. The minimum Gasteiger partial charge on any atom is -0.422 e. The largest absolute Gasteiger partial charge is 0.422 e. The number of carbonyl (C=O) groups is 1. The molecule has 6 nitrogen and oxygen atoms in total. The second-order valence-corrected chi connectivity index (χ2v) is 4.31. The van der Waals surface area contributed by atoms with Gasteiger partial charge in [-0.05, 0) is 36.8 Å². The van der Waals surface area contributed by atoms with Crippen LogP contribution in [0.15, 0.2) is 41.2 Å². The van der Waals surface area contributed by atoms with Crippen LogP contribution in [0.4, 0.5) is 0 Å². The molecule has 0 aliphatic rings. The number of ether oxygens (including phenoxy) is 1. The average Bonchev–Trinajstić information content (AvgIpc) is 2.50. The third-order valence-electron chi connectivity index (χ3n) is 2.71. The van der Waals surface area contributed by atoms with Crippen LogP contribution in [-0.2, 0) is 6.54 Å². The summed E-state index contributed by atoms with van der Waals surface area (Å²) in [4.78, 5) is 23.5. The lowest BCUT2D eigenvalue weighted by molar-refractivity contribution is 0.0725. The number of nitrogens with zero attached hydrogens (tertiary/aromatic N) is 3. The number of benzene rings is 1. The van der Waals surface area contributed by atoms with Gasteiger partial charge in [-0.2, -0.15) is 10.4 Å². The first-order chi connectivity index (χ1) is 10.1.